The summed E-state index contributed by atoms with van der Waals surface area (Å²) in [5.74, 6) is 0. The lowest BCUT2D eigenvalue weighted by molar-refractivity contribution is 0.332. The first-order chi connectivity index (χ1) is 34.4. The first kappa shape index (κ1) is 46.3. The van der Waals surface area contributed by atoms with Gasteiger partial charge in [-0.15, -0.1) is 0 Å². The van der Waals surface area contributed by atoms with Gasteiger partial charge >= 0.3 is 0 Å². The Kier molecular flexibility index (Phi) is 9.58. The van der Waals surface area contributed by atoms with E-state index in [2.05, 4.69) is 234 Å². The zero-order chi connectivity index (χ0) is 51.1. The van der Waals surface area contributed by atoms with Crippen molar-refractivity contribution in [2.24, 2.45) is 0 Å². The fraction of sp³-hybridized carbons (Fsp3) is 0.353. The van der Waals surface area contributed by atoms with Gasteiger partial charge in [0.05, 0.1) is 11.3 Å². The van der Waals surface area contributed by atoms with Gasteiger partial charge in [-0.05, 0) is 186 Å². The van der Waals surface area contributed by atoms with Crippen molar-refractivity contribution in [3.05, 3.63) is 161 Å². The number of nitrogens with zero attached hydrogens (tertiary/aromatic N) is 2. The van der Waals surface area contributed by atoms with Crippen molar-refractivity contribution >= 4 is 90.3 Å². The van der Waals surface area contributed by atoms with E-state index in [4.69, 9.17) is 8.83 Å². The summed E-state index contributed by atoms with van der Waals surface area (Å²) in [5.41, 5.74) is 24.1. The highest BCUT2D eigenvalue weighted by atomic mass is 16.3. The van der Waals surface area contributed by atoms with Crippen LogP contribution < -0.4 is 26.4 Å². The van der Waals surface area contributed by atoms with Crippen LogP contribution in [0.5, 0.6) is 0 Å². The van der Waals surface area contributed by atoms with Gasteiger partial charge in [0.1, 0.15) is 16.7 Å². The second-order valence-corrected chi connectivity index (χ2v) is 27.1. The summed E-state index contributed by atoms with van der Waals surface area (Å²) in [5, 5.41) is 3.46. The molecule has 5 heteroatoms. The summed E-state index contributed by atoms with van der Waals surface area (Å²) in [7, 11) is 0. The second kappa shape index (κ2) is 15.1. The third-order valence-electron chi connectivity index (χ3n) is 18.3. The molecule has 368 valence electrons. The van der Waals surface area contributed by atoms with Crippen molar-refractivity contribution in [1.29, 1.82) is 0 Å². The van der Waals surface area contributed by atoms with Gasteiger partial charge < -0.3 is 18.6 Å². The molecule has 2 aliphatic carbocycles. The number of anilines is 6. The van der Waals surface area contributed by atoms with E-state index < -0.39 is 0 Å². The van der Waals surface area contributed by atoms with Crippen molar-refractivity contribution in [3.8, 4) is 11.1 Å². The van der Waals surface area contributed by atoms with Gasteiger partial charge in [-0.2, -0.15) is 0 Å². The molecular formula is C68H71BN2O2. The Bertz CT molecular complexity index is 3790. The second-order valence-electron chi connectivity index (χ2n) is 27.1. The molecule has 2 aliphatic heterocycles. The van der Waals surface area contributed by atoms with E-state index in [9.17, 15) is 0 Å². The van der Waals surface area contributed by atoms with Crippen LogP contribution in [-0.4, -0.2) is 6.71 Å². The summed E-state index contributed by atoms with van der Waals surface area (Å²) >= 11 is 0. The smallest absolute Gasteiger partial charge is 0.297 e. The molecule has 2 aromatic heterocycles. The van der Waals surface area contributed by atoms with E-state index in [0.29, 0.717) is 0 Å². The Hall–Kier alpha value is -6.46. The standard InChI is InChI=1S/C68H71BN2O2/c1-63(2,3)42-20-23-44(24-21-42)70-54-28-22-43(64(4,5)6)36-53(54)69-60-55(70)33-41(40-19-26-47-46-17-15-16-18-57(46)72-58(47)35-40)34-56(60)71(45-25-27-49-50(37-45)66(9,10)30-29-65(49,7)8)61-48-38-51-52(39-59(48)73-62(61)69)68(13,14)32-31-67(51,11)12/h15-28,33-39H,29-32H2,1-14H3. The van der Waals surface area contributed by atoms with Crippen molar-refractivity contribution in [1.82, 2.24) is 0 Å². The predicted octanol–water partition coefficient (Wildman–Crippen LogP) is 17.4. The maximum Gasteiger partial charge on any atom is 0.297 e. The van der Waals surface area contributed by atoms with Crippen LogP contribution >= 0.6 is 0 Å². The number of para-hydroxylation sites is 1. The largest absolute Gasteiger partial charge is 0.468 e. The van der Waals surface area contributed by atoms with E-state index >= 15 is 0 Å². The Morgan fingerprint density at radius 1 is 0.425 bits per heavy atom. The summed E-state index contributed by atoms with van der Waals surface area (Å²) in [4.78, 5) is 5.19. The fourth-order valence-corrected chi connectivity index (χ4v) is 13.5. The lowest BCUT2D eigenvalue weighted by Crippen LogP contribution is -2.61. The average molecular weight is 959 g/mol. The van der Waals surface area contributed by atoms with Gasteiger partial charge in [-0.1, -0.05) is 152 Å². The highest BCUT2D eigenvalue weighted by Gasteiger charge is 2.49. The van der Waals surface area contributed by atoms with Crippen LogP contribution in [0.25, 0.3) is 44.0 Å². The summed E-state index contributed by atoms with van der Waals surface area (Å²) in [6.07, 6.45) is 4.59. The van der Waals surface area contributed by atoms with Crippen LogP contribution in [0.2, 0.25) is 0 Å². The SMILES string of the molecule is CC(C)(C)c1ccc(N2c3ccc(C(C)(C)C)cc3B3c4oc5cc6c(cc5c4N(c4ccc5c(c4)C(C)(C)CCC5(C)C)c4cc(-c5ccc7c(c5)oc5ccccc57)cc2c43)C(C)(C)CCC6(C)C)cc1. The zero-order valence-corrected chi connectivity index (χ0v) is 45.7. The van der Waals surface area contributed by atoms with Gasteiger partial charge in [0, 0.05) is 44.6 Å². The number of furan rings is 2. The number of hydrogen-bond acceptors (Lipinski definition) is 4. The Labute approximate surface area is 433 Å². The van der Waals surface area contributed by atoms with Crippen LogP contribution in [0.15, 0.2) is 136 Å². The Balaban J connectivity index is 1.17. The maximum atomic E-state index is 7.70. The van der Waals surface area contributed by atoms with Crippen LogP contribution in [0.4, 0.5) is 34.1 Å². The normalized spacial score (nSPS) is 18.1. The Morgan fingerprint density at radius 2 is 0.986 bits per heavy atom. The molecule has 0 atom stereocenters. The third-order valence-corrected chi connectivity index (χ3v) is 18.3. The van der Waals surface area contributed by atoms with Crippen LogP contribution in [0, 0.1) is 0 Å². The number of fused-ring (bicyclic) bond motifs is 11. The average Bonchev–Trinajstić information content (AvgIpc) is 3.91. The zero-order valence-electron chi connectivity index (χ0n) is 45.7. The molecule has 4 aliphatic rings. The minimum Gasteiger partial charge on any atom is -0.468 e. The molecule has 13 rings (SSSR count). The third kappa shape index (κ3) is 6.92. The van der Waals surface area contributed by atoms with Crippen molar-refractivity contribution in [2.45, 2.75) is 155 Å². The quantitative estimate of drug-likeness (QED) is 0.165. The van der Waals surface area contributed by atoms with Gasteiger partial charge in [0.15, 0.2) is 0 Å². The molecule has 0 saturated carbocycles. The van der Waals surface area contributed by atoms with Gasteiger partial charge in [0.2, 0.25) is 0 Å². The molecule has 0 spiro atoms. The number of hydrogen-bond donors (Lipinski definition) is 0. The van der Waals surface area contributed by atoms with Crippen LogP contribution in [0.3, 0.4) is 0 Å². The minimum atomic E-state index is -0.177. The maximum absolute atomic E-state index is 7.70. The van der Waals surface area contributed by atoms with E-state index in [-0.39, 0.29) is 39.2 Å². The molecule has 0 bridgehead atoms. The van der Waals surface area contributed by atoms with E-state index in [1.165, 1.54) is 78.9 Å². The van der Waals surface area contributed by atoms with Crippen LogP contribution in [0.1, 0.15) is 156 Å². The number of rotatable bonds is 3. The van der Waals surface area contributed by atoms with Crippen LogP contribution in [-0.2, 0) is 32.5 Å². The minimum absolute atomic E-state index is 0.0107. The first-order valence-corrected chi connectivity index (χ1v) is 27.1. The monoisotopic (exact) mass is 959 g/mol. The lowest BCUT2D eigenvalue weighted by atomic mass is 9.35. The molecule has 0 radical (unpaired) electrons. The first-order valence-electron chi connectivity index (χ1n) is 27.1. The van der Waals surface area contributed by atoms with Gasteiger partial charge in [0.25, 0.3) is 6.71 Å². The molecule has 4 heterocycles. The highest BCUT2D eigenvalue weighted by molar-refractivity contribution is 7.00. The molecular weight excluding hydrogens is 888 g/mol. The molecule has 0 fully saturated rings. The molecule has 0 unspecified atom stereocenters. The summed E-state index contributed by atoms with van der Waals surface area (Å²) < 4.78 is 14.3. The topological polar surface area (TPSA) is 32.8 Å². The molecule has 4 nitrogen and oxygen atoms in total. The van der Waals surface area contributed by atoms with Crippen molar-refractivity contribution in [2.75, 3.05) is 9.80 Å². The molecule has 0 amide bonds. The molecule has 0 N–H and O–H groups in total. The van der Waals surface area contributed by atoms with Crippen molar-refractivity contribution in [3.63, 3.8) is 0 Å². The van der Waals surface area contributed by atoms with Gasteiger partial charge in [-0.25, -0.2) is 0 Å². The fourth-order valence-electron chi connectivity index (χ4n) is 13.5. The number of benzene rings is 7. The predicted molar refractivity (Wildman–Crippen MR) is 311 cm³/mol. The van der Waals surface area contributed by atoms with E-state index in [1.807, 2.05) is 0 Å². The molecule has 0 saturated heterocycles. The molecule has 73 heavy (non-hydrogen) atoms. The Morgan fingerprint density at radius 3 is 1.66 bits per heavy atom. The molecule has 9 aromatic rings. The van der Waals surface area contributed by atoms with Gasteiger partial charge in [-0.3, -0.25) is 0 Å². The lowest BCUT2D eigenvalue weighted by Gasteiger charge is -2.45. The summed E-state index contributed by atoms with van der Waals surface area (Å²) in [6, 6.07) is 49.3. The molecule has 7 aromatic carbocycles. The van der Waals surface area contributed by atoms with Crippen molar-refractivity contribution < 1.29 is 8.83 Å². The highest BCUT2D eigenvalue weighted by Crippen LogP contribution is 2.54. The van der Waals surface area contributed by atoms with E-state index in [0.717, 1.165) is 74.9 Å². The summed E-state index contributed by atoms with van der Waals surface area (Å²) in [6.45, 7) is 33.3. The van der Waals surface area contributed by atoms with E-state index in [1.54, 1.807) is 0 Å².